The number of carboxylic acid groups (broad SMARTS) is 1. The molecule has 344 valence electrons. The second-order valence-electron chi connectivity index (χ2n) is 15.2. The highest BCUT2D eigenvalue weighted by atomic mass is 31.2. The summed E-state index contributed by atoms with van der Waals surface area (Å²) in [6, 6.07) is -1.54. The van der Waals surface area contributed by atoms with Crippen LogP contribution in [-0.4, -0.2) is 59.9 Å². The largest absolute Gasteiger partial charge is 0.480 e. The molecule has 0 aromatic rings. The number of allylic oxidation sites excluding steroid dienone is 12. The lowest BCUT2D eigenvalue weighted by Gasteiger charge is -2.20. The maximum Gasteiger partial charge on any atom is 0.472 e. The number of aliphatic carboxylic acids is 1. The Bertz CT molecular complexity index is 1290. The Labute approximate surface area is 363 Å². The number of hydrogen-bond donors (Lipinski definition) is 3. The molecule has 0 fully saturated rings. The number of nitrogens with two attached hydrogens (primary N) is 1. The molecule has 1 unspecified atom stereocenters. The number of carboxylic acids is 1. The zero-order chi connectivity index (χ0) is 44.2. The molecular weight excluding hydrogens is 781 g/mol. The fourth-order valence-electron chi connectivity index (χ4n) is 5.79. The van der Waals surface area contributed by atoms with Gasteiger partial charge in [0, 0.05) is 12.8 Å². The van der Waals surface area contributed by atoms with Crippen molar-refractivity contribution < 1.29 is 47.5 Å². The Kier molecular flexibility index (Phi) is 40.4. The van der Waals surface area contributed by atoms with E-state index in [4.69, 9.17) is 24.8 Å². The normalized spacial score (nSPS) is 14.3. The molecular formula is C48H82NO10P. The van der Waals surface area contributed by atoms with Crippen molar-refractivity contribution in [2.75, 3.05) is 19.8 Å². The average molecular weight is 864 g/mol. The first-order valence-electron chi connectivity index (χ1n) is 23.0. The van der Waals surface area contributed by atoms with Gasteiger partial charge in [0.25, 0.3) is 0 Å². The van der Waals surface area contributed by atoms with Gasteiger partial charge in [-0.25, -0.2) is 4.57 Å². The van der Waals surface area contributed by atoms with Gasteiger partial charge < -0.3 is 25.2 Å². The fourth-order valence-corrected chi connectivity index (χ4v) is 6.57. The minimum absolute atomic E-state index is 0.112. The number of phosphoric ester groups is 1. The number of esters is 2. The van der Waals surface area contributed by atoms with Crippen molar-refractivity contribution in [3.05, 3.63) is 72.9 Å². The minimum Gasteiger partial charge on any atom is -0.480 e. The molecule has 0 saturated heterocycles. The second kappa shape index (κ2) is 42.6. The molecule has 0 spiro atoms. The first-order chi connectivity index (χ1) is 29.1. The highest BCUT2D eigenvalue weighted by molar-refractivity contribution is 7.47. The summed E-state index contributed by atoms with van der Waals surface area (Å²) in [5.41, 5.74) is 5.33. The van der Waals surface area contributed by atoms with Crippen LogP contribution in [0.5, 0.6) is 0 Å². The highest BCUT2D eigenvalue weighted by Crippen LogP contribution is 2.43. The molecule has 11 nitrogen and oxygen atoms in total. The molecule has 0 radical (unpaired) electrons. The number of unbranched alkanes of at least 4 members (excludes halogenated alkanes) is 16. The van der Waals surface area contributed by atoms with Gasteiger partial charge in [-0.3, -0.25) is 23.4 Å². The summed E-state index contributed by atoms with van der Waals surface area (Å²) in [6.45, 7) is 2.70. The predicted molar refractivity (Wildman–Crippen MR) is 244 cm³/mol. The van der Waals surface area contributed by atoms with E-state index in [2.05, 4.69) is 85.2 Å². The van der Waals surface area contributed by atoms with E-state index < -0.39 is 51.1 Å². The Morgan fingerprint density at radius 1 is 0.517 bits per heavy atom. The van der Waals surface area contributed by atoms with E-state index >= 15 is 0 Å². The molecule has 0 saturated carbocycles. The monoisotopic (exact) mass is 864 g/mol. The zero-order valence-corrected chi connectivity index (χ0v) is 38.2. The maximum absolute atomic E-state index is 12.6. The molecule has 0 aliphatic rings. The van der Waals surface area contributed by atoms with Crippen LogP contribution in [0.1, 0.15) is 181 Å². The second-order valence-corrected chi connectivity index (χ2v) is 16.6. The number of hydrogen-bond acceptors (Lipinski definition) is 9. The molecule has 0 aliphatic heterocycles. The molecule has 0 aromatic carbocycles. The average Bonchev–Trinajstić information content (AvgIpc) is 3.22. The van der Waals surface area contributed by atoms with Crippen LogP contribution in [0.3, 0.4) is 0 Å². The number of ether oxygens (including phenoxy) is 2. The summed E-state index contributed by atoms with van der Waals surface area (Å²) in [6.07, 6.45) is 51.2. The molecule has 0 aliphatic carbocycles. The van der Waals surface area contributed by atoms with Gasteiger partial charge in [-0.2, -0.15) is 0 Å². The van der Waals surface area contributed by atoms with E-state index in [1.54, 1.807) is 0 Å². The van der Waals surface area contributed by atoms with Crippen molar-refractivity contribution in [2.24, 2.45) is 5.73 Å². The summed E-state index contributed by atoms with van der Waals surface area (Å²) in [5, 5.41) is 8.90. The van der Waals surface area contributed by atoms with Crippen LogP contribution in [0, 0.1) is 0 Å². The molecule has 0 rings (SSSR count). The maximum atomic E-state index is 12.6. The van der Waals surface area contributed by atoms with Crippen LogP contribution in [0.4, 0.5) is 0 Å². The lowest BCUT2D eigenvalue weighted by atomic mass is 10.1. The van der Waals surface area contributed by atoms with Crippen molar-refractivity contribution in [3.63, 3.8) is 0 Å². The summed E-state index contributed by atoms with van der Waals surface area (Å²) in [7, 11) is -4.74. The minimum atomic E-state index is -4.74. The van der Waals surface area contributed by atoms with Gasteiger partial charge in [0.05, 0.1) is 13.2 Å². The Balaban J connectivity index is 4.47. The lowest BCUT2D eigenvalue weighted by Crippen LogP contribution is -2.34. The van der Waals surface area contributed by atoms with E-state index in [1.807, 2.05) is 6.08 Å². The van der Waals surface area contributed by atoms with Crippen LogP contribution < -0.4 is 5.73 Å². The van der Waals surface area contributed by atoms with Crippen molar-refractivity contribution in [1.29, 1.82) is 0 Å². The van der Waals surface area contributed by atoms with E-state index in [0.29, 0.717) is 19.3 Å². The molecule has 0 amide bonds. The summed E-state index contributed by atoms with van der Waals surface area (Å²) < 4.78 is 32.7. The molecule has 0 aromatic heterocycles. The van der Waals surface area contributed by atoms with Crippen LogP contribution in [0.25, 0.3) is 0 Å². The number of carbonyl (C=O) groups is 3. The Hall–Kier alpha value is -3.08. The molecule has 0 bridgehead atoms. The lowest BCUT2D eigenvalue weighted by molar-refractivity contribution is -0.161. The van der Waals surface area contributed by atoms with Gasteiger partial charge in [-0.1, -0.05) is 157 Å². The van der Waals surface area contributed by atoms with E-state index in [0.717, 1.165) is 51.4 Å². The van der Waals surface area contributed by atoms with Crippen molar-refractivity contribution in [1.82, 2.24) is 0 Å². The van der Waals surface area contributed by atoms with Crippen LogP contribution in [-0.2, 0) is 37.5 Å². The standard InChI is InChI=1S/C48H82NO10P/c1-3-5-7-9-11-13-15-17-19-21-22-24-26-28-30-32-34-36-38-40-47(51)59-44(42-57-60(54,55)58-43-45(49)48(52)53)41-56-46(50)39-37-35-33-31-29-27-25-23-20-18-16-14-12-10-8-6-4-2/h11,13,17,19,22,24-25,27-28,30-31,33,44-45H,3-10,12,14-16,18,20-21,23,26,29,32,34-43,49H2,1-2H3,(H,52,53)(H,54,55)/b13-11+,19-17+,24-22+,27-25+,30-28+,33-31+/t44-,45+/m1/s1. The molecule has 60 heavy (non-hydrogen) atoms. The Morgan fingerprint density at radius 3 is 1.40 bits per heavy atom. The Morgan fingerprint density at radius 2 is 0.900 bits per heavy atom. The van der Waals surface area contributed by atoms with Gasteiger partial charge in [0.1, 0.15) is 12.6 Å². The van der Waals surface area contributed by atoms with Gasteiger partial charge in [0.15, 0.2) is 6.10 Å². The van der Waals surface area contributed by atoms with Crippen molar-refractivity contribution in [3.8, 4) is 0 Å². The smallest absolute Gasteiger partial charge is 0.472 e. The summed E-state index contributed by atoms with van der Waals surface area (Å²) >= 11 is 0. The topological polar surface area (TPSA) is 172 Å². The third kappa shape index (κ3) is 41.6. The van der Waals surface area contributed by atoms with Gasteiger partial charge in [-0.05, 0) is 83.5 Å². The fraction of sp³-hybridized carbons (Fsp3) is 0.688. The first-order valence-corrected chi connectivity index (χ1v) is 24.5. The first kappa shape index (κ1) is 56.9. The van der Waals surface area contributed by atoms with Gasteiger partial charge in [0.2, 0.25) is 0 Å². The molecule has 0 heterocycles. The molecule has 12 heteroatoms. The number of carbonyl (C=O) groups excluding carboxylic acids is 2. The predicted octanol–water partition coefficient (Wildman–Crippen LogP) is 12.5. The van der Waals surface area contributed by atoms with E-state index in [1.165, 1.54) is 83.5 Å². The molecule has 3 atom stereocenters. The molecule has 4 N–H and O–H groups in total. The van der Waals surface area contributed by atoms with Crippen LogP contribution in [0.15, 0.2) is 72.9 Å². The number of phosphoric acid groups is 1. The van der Waals surface area contributed by atoms with Crippen LogP contribution >= 0.6 is 7.82 Å². The van der Waals surface area contributed by atoms with Gasteiger partial charge in [-0.15, -0.1) is 0 Å². The SMILES string of the molecule is CCCCC/C=C/C/C=C/C/C=C/C/C=C/CCCCCC(=O)O[C@H](COC(=O)CCC/C=C/C/C=C/CCCCCCCCCCC)COP(=O)(O)OC[C@H](N)C(=O)O. The van der Waals surface area contributed by atoms with Crippen molar-refractivity contribution in [2.45, 2.75) is 193 Å². The van der Waals surface area contributed by atoms with E-state index in [-0.39, 0.29) is 19.4 Å². The van der Waals surface area contributed by atoms with Crippen molar-refractivity contribution >= 4 is 25.7 Å². The highest BCUT2D eigenvalue weighted by Gasteiger charge is 2.28. The van der Waals surface area contributed by atoms with Crippen LogP contribution in [0.2, 0.25) is 0 Å². The quantitative estimate of drug-likeness (QED) is 0.0231. The van der Waals surface area contributed by atoms with E-state index in [9.17, 15) is 23.8 Å². The van der Waals surface area contributed by atoms with Gasteiger partial charge >= 0.3 is 25.7 Å². The summed E-state index contributed by atoms with van der Waals surface area (Å²) in [5.74, 6) is -2.48. The summed E-state index contributed by atoms with van der Waals surface area (Å²) in [4.78, 5) is 46.0. The third-order valence-electron chi connectivity index (χ3n) is 9.43. The number of rotatable bonds is 42. The third-order valence-corrected chi connectivity index (χ3v) is 10.4. The zero-order valence-electron chi connectivity index (χ0n) is 37.3.